The molecule has 0 aromatic carbocycles. The van der Waals surface area contributed by atoms with Crippen LogP contribution in [0.5, 0.6) is 0 Å². The van der Waals surface area contributed by atoms with Gasteiger partial charge in [-0.05, 0) is 80.5 Å². The summed E-state index contributed by atoms with van der Waals surface area (Å²) in [4.78, 5) is 74.1. The first-order chi connectivity index (χ1) is 21.3. The van der Waals surface area contributed by atoms with Crippen molar-refractivity contribution in [2.24, 2.45) is 4.99 Å². The number of aromatic nitrogens is 3. The van der Waals surface area contributed by atoms with Gasteiger partial charge in [-0.15, -0.1) is 0 Å². The molecule has 0 aliphatic carbocycles. The van der Waals surface area contributed by atoms with Gasteiger partial charge in [0.1, 0.15) is 0 Å². The zero-order chi connectivity index (χ0) is 33.2. The van der Waals surface area contributed by atoms with Gasteiger partial charge in [-0.3, -0.25) is 24.0 Å². The van der Waals surface area contributed by atoms with Crippen molar-refractivity contribution >= 4 is 53.9 Å². The molecule has 1 aliphatic rings. The molecule has 1 amide bonds. The van der Waals surface area contributed by atoms with Crippen LogP contribution in [0, 0.1) is 20.8 Å². The van der Waals surface area contributed by atoms with Crippen LogP contribution in [-0.4, -0.2) is 60.8 Å². The highest BCUT2D eigenvalue weighted by atomic mass is 16.4. The molecule has 4 rings (SSSR count). The molecule has 11 nitrogen and oxygen atoms in total. The summed E-state index contributed by atoms with van der Waals surface area (Å²) in [6.07, 6.45) is 7.07. The normalized spacial score (nSPS) is 13.9. The lowest BCUT2D eigenvalue weighted by Crippen LogP contribution is -2.15. The second-order valence-electron chi connectivity index (χ2n) is 10.8. The van der Waals surface area contributed by atoms with Crippen molar-refractivity contribution < 1.29 is 34.2 Å². The maximum atomic E-state index is 13.8. The number of hydrogen-bond acceptors (Lipinski definition) is 5. The van der Waals surface area contributed by atoms with Crippen LogP contribution in [0.25, 0.3) is 18.2 Å². The van der Waals surface area contributed by atoms with Gasteiger partial charge in [-0.2, -0.15) is 0 Å². The van der Waals surface area contributed by atoms with Crippen molar-refractivity contribution in [1.29, 1.82) is 0 Å². The van der Waals surface area contributed by atoms with Crippen molar-refractivity contribution in [2.75, 3.05) is 0 Å². The largest absolute Gasteiger partial charge is 0.481 e. The first-order valence-corrected chi connectivity index (χ1v) is 14.2. The van der Waals surface area contributed by atoms with Crippen LogP contribution in [0.4, 0.5) is 0 Å². The predicted molar refractivity (Wildman–Crippen MR) is 170 cm³/mol. The van der Waals surface area contributed by atoms with Gasteiger partial charge in [0.2, 0.25) is 5.78 Å². The quantitative estimate of drug-likeness (QED) is 0.145. The number of rotatable bonds is 13. The van der Waals surface area contributed by atoms with Crippen molar-refractivity contribution in [3.8, 4) is 0 Å². The van der Waals surface area contributed by atoms with Crippen molar-refractivity contribution in [2.45, 2.75) is 53.4 Å². The van der Waals surface area contributed by atoms with Crippen molar-refractivity contribution in [3.63, 3.8) is 0 Å². The van der Waals surface area contributed by atoms with Crippen LogP contribution in [0.2, 0.25) is 0 Å². The zero-order valence-electron chi connectivity index (χ0n) is 25.5. The number of aromatic amines is 3. The number of carbonyl (C=O) groups excluding carboxylic acids is 3. The molecule has 0 atom stereocenters. The minimum atomic E-state index is -1.01. The van der Waals surface area contributed by atoms with Gasteiger partial charge in [0.05, 0.1) is 22.8 Å². The Balaban J connectivity index is 1.94. The van der Waals surface area contributed by atoms with Crippen LogP contribution in [0.3, 0.4) is 0 Å². The fourth-order valence-electron chi connectivity index (χ4n) is 5.61. The number of aldehydes is 1. The second kappa shape index (κ2) is 13.0. The van der Waals surface area contributed by atoms with Gasteiger partial charge in [0.15, 0.2) is 6.29 Å². The summed E-state index contributed by atoms with van der Waals surface area (Å²) in [6, 6.07) is 0. The molecule has 0 radical (unpaired) electrons. The smallest absolute Gasteiger partial charge is 0.303 e. The Labute approximate surface area is 258 Å². The Kier molecular flexibility index (Phi) is 9.32. The number of allylic oxidation sites excluding steroid dienone is 2. The molecule has 232 valence electrons. The van der Waals surface area contributed by atoms with E-state index in [1.807, 2.05) is 6.92 Å². The number of H-pyrrole nitrogens is 3. The lowest BCUT2D eigenvalue weighted by atomic mass is 10.0. The van der Waals surface area contributed by atoms with E-state index < -0.39 is 17.7 Å². The lowest BCUT2D eigenvalue weighted by molar-refractivity contribution is -0.138. The number of aliphatic carboxylic acids is 2. The van der Waals surface area contributed by atoms with E-state index in [0.29, 0.717) is 67.4 Å². The van der Waals surface area contributed by atoms with E-state index in [4.69, 9.17) is 0 Å². The maximum absolute atomic E-state index is 13.8. The minimum absolute atomic E-state index is 0.118. The van der Waals surface area contributed by atoms with E-state index in [0.717, 1.165) is 5.56 Å². The Bertz CT molecular complexity index is 1990. The lowest BCUT2D eigenvalue weighted by Gasteiger charge is -2.02. The summed E-state index contributed by atoms with van der Waals surface area (Å²) in [5, 5.41) is 20.0. The zero-order valence-corrected chi connectivity index (χ0v) is 25.5. The molecular formula is C34H34N4O7. The van der Waals surface area contributed by atoms with E-state index in [-0.39, 0.29) is 48.7 Å². The summed E-state index contributed by atoms with van der Waals surface area (Å²) < 4.78 is 0. The average Bonchev–Trinajstić information content (AvgIpc) is 3.67. The van der Waals surface area contributed by atoms with Gasteiger partial charge in [0.25, 0.3) is 5.91 Å². The summed E-state index contributed by atoms with van der Waals surface area (Å²) in [7, 11) is 0. The van der Waals surface area contributed by atoms with E-state index >= 15 is 0 Å². The van der Waals surface area contributed by atoms with E-state index in [2.05, 4.69) is 33.1 Å². The number of hydrogen-bond donors (Lipinski definition) is 5. The number of nitrogens with zero attached hydrogens (tertiary/aromatic N) is 1. The maximum Gasteiger partial charge on any atom is 0.303 e. The van der Waals surface area contributed by atoms with Gasteiger partial charge in [-0.25, -0.2) is 4.99 Å². The third-order valence-corrected chi connectivity index (χ3v) is 8.14. The Morgan fingerprint density at radius 3 is 1.93 bits per heavy atom. The standard InChI is InChI=1S/C34H34N4O7/c1-7-20-17(4)31(37-28(20)15-39)33(44)32-18(5)23(10-12-30(42)43)27(36-32)14-26-22(9-11-29(40)41)16(3)24(35-26)13-25-21(8-2)19(6)34(45)38-25/h7-8,13-15,35-37H,1-2,9-12H2,3-6H3,(H,40,41)(H,42,43)/b24-13-,26-14-. The van der Waals surface area contributed by atoms with Gasteiger partial charge < -0.3 is 25.2 Å². The number of aliphatic imine (C=N–C) groups is 1. The predicted octanol–water partition coefficient (Wildman–Crippen LogP) is 3.41. The van der Waals surface area contributed by atoms with Crippen LogP contribution in [0.15, 0.2) is 35.4 Å². The molecular weight excluding hydrogens is 576 g/mol. The summed E-state index contributed by atoms with van der Waals surface area (Å²) in [5.74, 6) is -2.77. The molecule has 3 aromatic rings. The number of ketones is 1. The Hall–Kier alpha value is -5.58. The summed E-state index contributed by atoms with van der Waals surface area (Å²) in [5.41, 5.74) is 6.28. The Morgan fingerprint density at radius 1 is 0.778 bits per heavy atom. The SMILES string of the molecule is C=CC1=C(C)C(=O)N=C1/C=c1\[nH]/c(=C\c2[nH]c(C(=O)c3[nH]c(C=O)c(C=C)c3C)c(C)c2CCC(=O)O)c(CCC(=O)O)c1C. The summed E-state index contributed by atoms with van der Waals surface area (Å²) >= 11 is 0. The number of nitrogens with one attached hydrogen (secondary N) is 3. The second-order valence-corrected chi connectivity index (χ2v) is 10.8. The van der Waals surface area contributed by atoms with Gasteiger partial charge >= 0.3 is 11.9 Å². The fourth-order valence-corrected chi connectivity index (χ4v) is 5.61. The molecule has 0 bridgehead atoms. The van der Waals surface area contributed by atoms with Crippen molar-refractivity contribution in [3.05, 3.63) is 97.2 Å². The van der Waals surface area contributed by atoms with Gasteiger partial charge in [-0.1, -0.05) is 25.3 Å². The molecule has 11 heteroatoms. The first kappa shape index (κ1) is 32.3. The topological polar surface area (TPSA) is 186 Å². The van der Waals surface area contributed by atoms with E-state index in [1.54, 1.807) is 39.0 Å². The highest BCUT2D eigenvalue weighted by molar-refractivity contribution is 6.32. The fraction of sp³-hybridized carbons (Fsp3) is 0.235. The molecule has 45 heavy (non-hydrogen) atoms. The number of carbonyl (C=O) groups is 5. The highest BCUT2D eigenvalue weighted by Gasteiger charge is 2.25. The van der Waals surface area contributed by atoms with E-state index in [9.17, 15) is 34.2 Å². The van der Waals surface area contributed by atoms with Crippen LogP contribution < -0.4 is 10.7 Å². The molecule has 0 fully saturated rings. The third-order valence-electron chi connectivity index (χ3n) is 8.14. The molecule has 4 heterocycles. The molecule has 0 unspecified atom stereocenters. The molecule has 0 saturated heterocycles. The average molecular weight is 611 g/mol. The van der Waals surface area contributed by atoms with Crippen LogP contribution in [0.1, 0.15) is 85.5 Å². The molecule has 0 saturated carbocycles. The minimum Gasteiger partial charge on any atom is -0.481 e. The van der Waals surface area contributed by atoms with Gasteiger partial charge in [0, 0.05) is 45.9 Å². The third kappa shape index (κ3) is 6.23. The van der Waals surface area contributed by atoms with Crippen molar-refractivity contribution in [1.82, 2.24) is 15.0 Å². The number of carboxylic acid groups (broad SMARTS) is 2. The molecule has 1 aliphatic heterocycles. The number of amides is 1. The summed E-state index contributed by atoms with van der Waals surface area (Å²) in [6.45, 7) is 14.4. The van der Waals surface area contributed by atoms with Crippen LogP contribution in [-0.2, 0) is 27.2 Å². The highest BCUT2D eigenvalue weighted by Crippen LogP contribution is 2.26. The number of carboxylic acids is 2. The van der Waals surface area contributed by atoms with Crippen LogP contribution >= 0.6 is 0 Å². The molecule has 0 spiro atoms. The monoisotopic (exact) mass is 610 g/mol. The molecule has 5 N–H and O–H groups in total. The first-order valence-electron chi connectivity index (χ1n) is 14.2. The molecule has 3 aromatic heterocycles. The Morgan fingerprint density at radius 2 is 1.38 bits per heavy atom. The van der Waals surface area contributed by atoms with E-state index in [1.165, 1.54) is 6.08 Å².